The maximum absolute atomic E-state index is 13.2. The van der Waals surface area contributed by atoms with Crippen molar-refractivity contribution in [2.45, 2.75) is 19.9 Å². The Bertz CT molecular complexity index is 862. The first-order valence-electron chi connectivity index (χ1n) is 7.41. The summed E-state index contributed by atoms with van der Waals surface area (Å²) in [5, 5.41) is 5.92. The number of anilines is 1. The fourth-order valence-corrected chi connectivity index (χ4v) is 2.87. The molecule has 2 aromatic carbocycles. The Morgan fingerprint density at radius 2 is 1.96 bits per heavy atom. The van der Waals surface area contributed by atoms with Crippen LogP contribution in [0.1, 0.15) is 13.8 Å². The summed E-state index contributed by atoms with van der Waals surface area (Å²) in [6.07, 6.45) is 0. The number of carbonyl (C=O) groups excluding carboxylic acids is 1. The number of hydrogen-bond acceptors (Lipinski definition) is 4. The van der Waals surface area contributed by atoms with Crippen molar-refractivity contribution < 1.29 is 13.9 Å². The topological polar surface area (TPSA) is 63.2 Å². The van der Waals surface area contributed by atoms with Crippen molar-refractivity contribution in [1.82, 2.24) is 10.3 Å². The zero-order chi connectivity index (χ0) is 17.1. The highest BCUT2D eigenvalue weighted by atomic mass is 32.1. The number of urea groups is 1. The van der Waals surface area contributed by atoms with Crippen LogP contribution in [0.4, 0.5) is 14.9 Å². The van der Waals surface area contributed by atoms with Crippen molar-refractivity contribution in [2.24, 2.45) is 0 Å². The molecular weight excluding hydrogens is 329 g/mol. The molecule has 3 rings (SSSR count). The van der Waals surface area contributed by atoms with Crippen molar-refractivity contribution in [1.29, 1.82) is 0 Å². The smallest absolute Gasteiger partial charge is 0.319 e. The van der Waals surface area contributed by atoms with E-state index in [0.29, 0.717) is 22.1 Å². The van der Waals surface area contributed by atoms with E-state index in [4.69, 9.17) is 4.74 Å². The largest absolute Gasteiger partial charge is 0.431 e. The molecule has 0 saturated heterocycles. The molecule has 0 spiro atoms. The number of carbonyl (C=O) groups is 1. The third kappa shape index (κ3) is 3.99. The normalized spacial score (nSPS) is 10.8. The number of aromatic nitrogens is 1. The Labute approximate surface area is 142 Å². The van der Waals surface area contributed by atoms with E-state index in [9.17, 15) is 9.18 Å². The summed E-state index contributed by atoms with van der Waals surface area (Å²) in [4.78, 5) is 15.9. The van der Waals surface area contributed by atoms with Gasteiger partial charge in [-0.2, -0.15) is 0 Å². The molecule has 7 heteroatoms. The van der Waals surface area contributed by atoms with Crippen LogP contribution in [-0.4, -0.2) is 17.1 Å². The lowest BCUT2D eigenvalue weighted by molar-refractivity contribution is 0.250. The molecule has 0 aliphatic carbocycles. The number of thiazole rings is 1. The Balaban J connectivity index is 1.67. The molecule has 1 heterocycles. The monoisotopic (exact) mass is 345 g/mol. The van der Waals surface area contributed by atoms with E-state index >= 15 is 0 Å². The van der Waals surface area contributed by atoms with Gasteiger partial charge < -0.3 is 15.4 Å². The maximum Gasteiger partial charge on any atom is 0.319 e. The van der Waals surface area contributed by atoms with Crippen LogP contribution in [0, 0.1) is 5.82 Å². The number of fused-ring (bicyclic) bond motifs is 1. The SMILES string of the molecule is CC(C)NC(=O)Nc1ccc(Oc2nc3cc(F)ccc3s2)cc1. The lowest BCUT2D eigenvalue weighted by atomic mass is 10.3. The summed E-state index contributed by atoms with van der Waals surface area (Å²) in [5.41, 5.74) is 1.23. The van der Waals surface area contributed by atoms with Gasteiger partial charge in [-0.1, -0.05) is 11.3 Å². The Morgan fingerprint density at radius 1 is 1.21 bits per heavy atom. The van der Waals surface area contributed by atoms with Gasteiger partial charge in [-0.15, -0.1) is 0 Å². The first-order chi connectivity index (χ1) is 11.5. The average molecular weight is 345 g/mol. The lowest BCUT2D eigenvalue weighted by Gasteiger charge is -2.10. The second kappa shape index (κ2) is 6.84. The zero-order valence-electron chi connectivity index (χ0n) is 13.2. The Hall–Kier alpha value is -2.67. The zero-order valence-corrected chi connectivity index (χ0v) is 14.0. The summed E-state index contributed by atoms with van der Waals surface area (Å²) in [6.45, 7) is 3.78. The van der Waals surface area contributed by atoms with Crippen molar-refractivity contribution >= 4 is 33.3 Å². The van der Waals surface area contributed by atoms with Crippen LogP contribution >= 0.6 is 11.3 Å². The number of amides is 2. The van der Waals surface area contributed by atoms with Crippen LogP contribution in [0.3, 0.4) is 0 Å². The highest BCUT2D eigenvalue weighted by Crippen LogP contribution is 2.31. The van der Waals surface area contributed by atoms with E-state index in [1.54, 1.807) is 30.3 Å². The molecule has 0 fully saturated rings. The molecule has 0 atom stereocenters. The molecule has 2 amide bonds. The summed E-state index contributed by atoms with van der Waals surface area (Å²) < 4.78 is 19.7. The highest BCUT2D eigenvalue weighted by Gasteiger charge is 2.08. The van der Waals surface area contributed by atoms with Gasteiger partial charge >= 0.3 is 6.03 Å². The first kappa shape index (κ1) is 16.2. The van der Waals surface area contributed by atoms with E-state index in [-0.39, 0.29) is 17.9 Å². The van der Waals surface area contributed by atoms with E-state index in [1.807, 2.05) is 13.8 Å². The molecule has 5 nitrogen and oxygen atoms in total. The first-order valence-corrected chi connectivity index (χ1v) is 8.23. The van der Waals surface area contributed by atoms with Crippen LogP contribution in [0.2, 0.25) is 0 Å². The molecule has 2 N–H and O–H groups in total. The maximum atomic E-state index is 13.2. The second-order valence-corrected chi connectivity index (χ2v) is 6.46. The second-order valence-electron chi connectivity index (χ2n) is 5.47. The molecule has 0 radical (unpaired) electrons. The number of hydrogen-bond donors (Lipinski definition) is 2. The molecule has 3 aromatic rings. The van der Waals surface area contributed by atoms with Crippen LogP contribution in [-0.2, 0) is 0 Å². The third-order valence-electron chi connectivity index (χ3n) is 3.07. The van der Waals surface area contributed by atoms with Crippen LogP contribution in [0.5, 0.6) is 10.9 Å². The number of nitrogens with zero attached hydrogens (tertiary/aromatic N) is 1. The minimum absolute atomic E-state index is 0.0662. The third-order valence-corrected chi connectivity index (χ3v) is 3.98. The number of rotatable bonds is 4. The van der Waals surface area contributed by atoms with Gasteiger partial charge in [0.2, 0.25) is 0 Å². The molecule has 0 bridgehead atoms. The molecule has 0 saturated carbocycles. The summed E-state index contributed by atoms with van der Waals surface area (Å²) >= 11 is 1.34. The minimum Gasteiger partial charge on any atom is -0.431 e. The molecule has 0 aliphatic heterocycles. The van der Waals surface area contributed by atoms with Crippen molar-refractivity contribution in [2.75, 3.05) is 5.32 Å². The van der Waals surface area contributed by atoms with E-state index in [2.05, 4.69) is 15.6 Å². The van der Waals surface area contributed by atoms with E-state index in [1.165, 1.54) is 23.5 Å². The predicted octanol–water partition coefficient (Wildman–Crippen LogP) is 4.76. The molecular formula is C17H16FN3O2S. The fourth-order valence-electron chi connectivity index (χ4n) is 2.06. The van der Waals surface area contributed by atoms with Gasteiger partial charge in [-0.05, 0) is 50.2 Å². The van der Waals surface area contributed by atoms with Gasteiger partial charge in [0, 0.05) is 17.8 Å². The summed E-state index contributed by atoms with van der Waals surface area (Å²) in [5.74, 6) is 0.263. The van der Waals surface area contributed by atoms with Gasteiger partial charge in [0.15, 0.2) is 0 Å². The average Bonchev–Trinajstić information content (AvgIpc) is 2.89. The quantitative estimate of drug-likeness (QED) is 0.717. The Morgan fingerprint density at radius 3 is 2.67 bits per heavy atom. The van der Waals surface area contributed by atoms with Crippen LogP contribution in [0.25, 0.3) is 10.2 Å². The van der Waals surface area contributed by atoms with Crippen molar-refractivity contribution in [3.8, 4) is 10.9 Å². The highest BCUT2D eigenvalue weighted by molar-refractivity contribution is 7.20. The van der Waals surface area contributed by atoms with E-state index < -0.39 is 0 Å². The van der Waals surface area contributed by atoms with Crippen LogP contribution in [0.15, 0.2) is 42.5 Å². The Kier molecular flexibility index (Phi) is 4.61. The van der Waals surface area contributed by atoms with Crippen molar-refractivity contribution in [3.05, 3.63) is 48.3 Å². The summed E-state index contributed by atoms with van der Waals surface area (Å²) in [6, 6.07) is 11.2. The van der Waals surface area contributed by atoms with Gasteiger partial charge in [-0.25, -0.2) is 14.2 Å². The standard InChI is InChI=1S/C17H16FN3O2S/c1-10(2)19-16(22)20-12-4-6-13(7-5-12)23-17-21-14-9-11(18)3-8-15(14)24-17/h3-10H,1-2H3,(H2,19,20,22). The van der Waals surface area contributed by atoms with Gasteiger partial charge in [0.05, 0.1) is 10.2 Å². The molecule has 1 aromatic heterocycles. The molecule has 124 valence electrons. The van der Waals surface area contributed by atoms with Crippen LogP contribution < -0.4 is 15.4 Å². The fraction of sp³-hybridized carbons (Fsp3) is 0.176. The van der Waals surface area contributed by atoms with Crippen molar-refractivity contribution in [3.63, 3.8) is 0 Å². The number of halogens is 1. The van der Waals surface area contributed by atoms with Gasteiger partial charge in [0.25, 0.3) is 5.19 Å². The number of benzene rings is 2. The molecule has 24 heavy (non-hydrogen) atoms. The summed E-state index contributed by atoms with van der Waals surface area (Å²) in [7, 11) is 0. The lowest BCUT2D eigenvalue weighted by Crippen LogP contribution is -2.34. The van der Waals surface area contributed by atoms with Gasteiger partial charge in [-0.3, -0.25) is 0 Å². The predicted molar refractivity (Wildman–Crippen MR) is 93.4 cm³/mol. The number of nitrogens with one attached hydrogen (secondary N) is 2. The van der Waals surface area contributed by atoms with E-state index in [0.717, 1.165) is 4.70 Å². The molecule has 0 aliphatic rings. The number of ether oxygens (including phenoxy) is 1. The van der Waals surface area contributed by atoms with Gasteiger partial charge in [0.1, 0.15) is 11.6 Å². The minimum atomic E-state index is -0.325. The molecule has 0 unspecified atom stereocenters.